The monoisotopic (exact) mass is 899 g/mol. The molecule has 16 heteroatoms. The van der Waals surface area contributed by atoms with Gasteiger partial charge in [0, 0.05) is 45.3 Å². The minimum atomic E-state index is -0.907. The standard InChI is InChI=1S/C50H61N9O7/c60-46(42-17-9-23-59(42)48(62)44(36-12-5-2-6-13-36)55-50(64)57-26-30-66-31-27-57)52-39-20-18-34(19-21-39)37-14-7-15-38(32-37)40-33-51-45(53-40)41-16-8-22-58(41)47(61)43(35-10-3-1-4-11-35)54-49(63)56-24-28-65-29-25-56/h1-7,10-15,32-34,39,41-44H,8-9,16-31H2,(H,51,53)(H,52,60)(H,54,63)(H,55,64)/t34?,39?,41-,42-,43+,44+/m0/s1. The fraction of sp³-hybridized carbons (Fsp3) is 0.480. The molecule has 5 heterocycles. The lowest BCUT2D eigenvalue weighted by Crippen LogP contribution is -2.54. The maximum atomic E-state index is 14.4. The van der Waals surface area contributed by atoms with Crippen molar-refractivity contribution in [1.29, 1.82) is 0 Å². The molecule has 0 unspecified atom stereocenters. The molecule has 0 bridgehead atoms. The van der Waals surface area contributed by atoms with Gasteiger partial charge in [0.15, 0.2) is 0 Å². The number of hydrogen-bond donors (Lipinski definition) is 4. The van der Waals surface area contributed by atoms with E-state index < -0.39 is 18.1 Å². The molecular weight excluding hydrogens is 839 g/mol. The molecule has 4 saturated heterocycles. The normalized spacial score (nSPS) is 23.2. The van der Waals surface area contributed by atoms with Gasteiger partial charge in [-0.05, 0) is 85.6 Å². The molecule has 5 fully saturated rings. The summed E-state index contributed by atoms with van der Waals surface area (Å²) in [7, 11) is 0. The van der Waals surface area contributed by atoms with Gasteiger partial charge in [0.05, 0.1) is 44.4 Å². The summed E-state index contributed by atoms with van der Waals surface area (Å²) >= 11 is 0. The lowest BCUT2D eigenvalue weighted by atomic mass is 9.81. The molecule has 4 aromatic rings. The smallest absolute Gasteiger partial charge is 0.318 e. The number of aromatic amines is 1. The van der Waals surface area contributed by atoms with Gasteiger partial charge in [-0.15, -0.1) is 0 Å². The first kappa shape index (κ1) is 44.9. The molecule has 348 valence electrons. The second kappa shape index (κ2) is 20.9. The molecule has 7 amide bonds. The Hall–Kier alpha value is -6.26. The highest BCUT2D eigenvalue weighted by molar-refractivity contribution is 5.93. The zero-order valence-electron chi connectivity index (χ0n) is 37.4. The summed E-state index contributed by atoms with van der Waals surface area (Å²) in [6.07, 6.45) is 8.16. The maximum absolute atomic E-state index is 14.4. The average molecular weight is 900 g/mol. The molecule has 5 aliphatic rings. The lowest BCUT2D eigenvalue weighted by molar-refractivity contribution is -0.140. The number of likely N-dealkylation sites (tertiary alicyclic amines) is 2. The van der Waals surface area contributed by atoms with Crippen LogP contribution in [0.4, 0.5) is 9.59 Å². The van der Waals surface area contributed by atoms with Gasteiger partial charge in [0.1, 0.15) is 23.9 Å². The summed E-state index contributed by atoms with van der Waals surface area (Å²) in [5.41, 5.74) is 4.53. The third-order valence-electron chi connectivity index (χ3n) is 13.9. The molecule has 0 radical (unpaired) electrons. The van der Waals surface area contributed by atoms with Crippen molar-refractivity contribution in [1.82, 2.24) is 45.5 Å². The van der Waals surface area contributed by atoms with E-state index in [-0.39, 0.29) is 41.9 Å². The number of morpholine rings is 2. The molecule has 1 aliphatic carbocycles. The van der Waals surface area contributed by atoms with Crippen LogP contribution in [0.2, 0.25) is 0 Å². The number of hydrogen-bond acceptors (Lipinski definition) is 8. The molecule has 4 aliphatic heterocycles. The van der Waals surface area contributed by atoms with Crippen LogP contribution in [0.15, 0.2) is 91.1 Å². The van der Waals surface area contributed by atoms with Crippen LogP contribution in [0.1, 0.15) is 97.9 Å². The number of amides is 7. The Balaban J connectivity index is 0.808. The van der Waals surface area contributed by atoms with Crippen LogP contribution < -0.4 is 16.0 Å². The van der Waals surface area contributed by atoms with Gasteiger partial charge >= 0.3 is 12.1 Å². The van der Waals surface area contributed by atoms with E-state index in [0.717, 1.165) is 61.2 Å². The quantitative estimate of drug-likeness (QED) is 0.154. The Morgan fingerprint density at radius 3 is 1.79 bits per heavy atom. The lowest BCUT2D eigenvalue weighted by Gasteiger charge is -2.33. The van der Waals surface area contributed by atoms with Crippen molar-refractivity contribution < 1.29 is 33.4 Å². The molecule has 1 aromatic heterocycles. The predicted molar refractivity (Wildman–Crippen MR) is 246 cm³/mol. The van der Waals surface area contributed by atoms with Crippen LogP contribution in [0.25, 0.3) is 11.3 Å². The average Bonchev–Trinajstić information content (AvgIpc) is 4.18. The number of nitrogens with one attached hydrogen (secondary N) is 4. The highest BCUT2D eigenvalue weighted by Gasteiger charge is 2.41. The highest BCUT2D eigenvalue weighted by atomic mass is 16.5. The zero-order chi connectivity index (χ0) is 45.4. The number of H-pyrrole nitrogens is 1. The summed E-state index contributed by atoms with van der Waals surface area (Å²) in [4.78, 5) is 84.3. The highest BCUT2D eigenvalue weighted by Crippen LogP contribution is 2.37. The largest absolute Gasteiger partial charge is 0.378 e. The van der Waals surface area contributed by atoms with Gasteiger partial charge in [-0.2, -0.15) is 0 Å². The molecular formula is C50H61N9O7. The fourth-order valence-corrected chi connectivity index (χ4v) is 10.3. The number of carbonyl (C=O) groups is 5. The minimum absolute atomic E-state index is 0.00170. The van der Waals surface area contributed by atoms with Crippen LogP contribution in [0.5, 0.6) is 0 Å². The third-order valence-corrected chi connectivity index (χ3v) is 13.9. The van der Waals surface area contributed by atoms with Crippen LogP contribution in [0, 0.1) is 0 Å². The summed E-state index contributed by atoms with van der Waals surface area (Å²) in [5.74, 6) is 0.470. The maximum Gasteiger partial charge on any atom is 0.318 e. The van der Waals surface area contributed by atoms with Gasteiger partial charge in [0.2, 0.25) is 11.8 Å². The predicted octanol–water partition coefficient (Wildman–Crippen LogP) is 5.44. The van der Waals surface area contributed by atoms with E-state index in [2.05, 4.69) is 45.2 Å². The van der Waals surface area contributed by atoms with Crippen molar-refractivity contribution >= 4 is 29.8 Å². The molecule has 4 N–H and O–H groups in total. The van der Waals surface area contributed by atoms with E-state index in [1.807, 2.05) is 71.8 Å². The van der Waals surface area contributed by atoms with Gasteiger partial charge in [-0.3, -0.25) is 14.4 Å². The van der Waals surface area contributed by atoms with Crippen LogP contribution >= 0.6 is 0 Å². The van der Waals surface area contributed by atoms with Crippen LogP contribution in [-0.4, -0.2) is 137 Å². The van der Waals surface area contributed by atoms with Crippen molar-refractivity contribution in [2.75, 3.05) is 65.7 Å². The zero-order valence-corrected chi connectivity index (χ0v) is 37.4. The second-order valence-electron chi connectivity index (χ2n) is 18.0. The van der Waals surface area contributed by atoms with Gasteiger partial charge < -0.3 is 50.0 Å². The van der Waals surface area contributed by atoms with Gasteiger partial charge in [-0.1, -0.05) is 78.9 Å². The number of ether oxygens (including phenoxy) is 2. The first-order valence-corrected chi connectivity index (χ1v) is 23.7. The van der Waals surface area contributed by atoms with E-state index in [9.17, 15) is 24.0 Å². The molecule has 4 atom stereocenters. The number of nitrogens with zero attached hydrogens (tertiary/aromatic N) is 5. The topological polar surface area (TPSA) is 182 Å². The van der Waals surface area contributed by atoms with Gasteiger partial charge in [-0.25, -0.2) is 14.6 Å². The van der Waals surface area contributed by atoms with Crippen molar-refractivity contribution in [3.05, 3.63) is 114 Å². The van der Waals surface area contributed by atoms with E-state index in [4.69, 9.17) is 14.5 Å². The Kier molecular flexibility index (Phi) is 14.2. The summed E-state index contributed by atoms with van der Waals surface area (Å²) in [6, 6.07) is 24.0. The molecule has 16 nitrogen and oxygen atoms in total. The number of aromatic nitrogens is 2. The van der Waals surface area contributed by atoms with Gasteiger partial charge in [0.25, 0.3) is 5.91 Å². The van der Waals surface area contributed by atoms with Crippen molar-refractivity contribution in [3.8, 4) is 11.3 Å². The Bertz CT molecular complexity index is 2310. The number of rotatable bonds is 11. The van der Waals surface area contributed by atoms with E-state index in [1.54, 1.807) is 14.7 Å². The molecule has 3 aromatic carbocycles. The Labute approximate surface area is 385 Å². The number of imidazole rings is 1. The summed E-state index contributed by atoms with van der Waals surface area (Å²) < 4.78 is 10.8. The fourth-order valence-electron chi connectivity index (χ4n) is 10.3. The number of urea groups is 2. The minimum Gasteiger partial charge on any atom is -0.378 e. The van der Waals surface area contributed by atoms with Crippen molar-refractivity contribution in [2.45, 2.75) is 87.5 Å². The molecule has 66 heavy (non-hydrogen) atoms. The first-order chi connectivity index (χ1) is 32.3. The first-order valence-electron chi connectivity index (χ1n) is 23.7. The molecule has 0 spiro atoms. The van der Waals surface area contributed by atoms with Crippen molar-refractivity contribution in [3.63, 3.8) is 0 Å². The van der Waals surface area contributed by atoms with Crippen LogP contribution in [-0.2, 0) is 23.9 Å². The van der Waals surface area contributed by atoms with Crippen molar-refractivity contribution in [2.24, 2.45) is 0 Å². The van der Waals surface area contributed by atoms with E-state index >= 15 is 0 Å². The summed E-state index contributed by atoms with van der Waals surface area (Å²) in [6.45, 7) is 4.74. The summed E-state index contributed by atoms with van der Waals surface area (Å²) in [5, 5.41) is 9.30. The number of carbonyl (C=O) groups excluding carboxylic acids is 5. The molecule has 9 rings (SSSR count). The SMILES string of the molecule is O=C(NC1CCC(c2cccc(-c3cnc([C@@H]4CCCN4C(=O)[C@H](NC(=O)N4CCOCC4)c4ccccc4)[nH]3)c2)CC1)[C@@H]1CCCN1C(=O)[C@H](NC(=O)N1CCOCC1)c1ccccc1. The van der Waals surface area contributed by atoms with Crippen LogP contribution in [0.3, 0.4) is 0 Å². The molecule has 1 saturated carbocycles. The van der Waals surface area contributed by atoms with E-state index in [0.29, 0.717) is 90.0 Å². The number of benzene rings is 3. The second-order valence-corrected chi connectivity index (χ2v) is 18.0. The van der Waals surface area contributed by atoms with E-state index in [1.165, 1.54) is 5.56 Å². The Morgan fingerprint density at radius 1 is 0.621 bits per heavy atom. The Morgan fingerprint density at radius 2 is 1.18 bits per heavy atom. The third kappa shape index (κ3) is 10.2.